The highest BCUT2D eigenvalue weighted by molar-refractivity contribution is 5.69. The fraction of sp³-hybridized carbons (Fsp3) is 0.875. The second-order valence-corrected chi connectivity index (χ2v) is 3.22. The van der Waals surface area contributed by atoms with Crippen LogP contribution in [0.15, 0.2) is 0 Å². The van der Waals surface area contributed by atoms with E-state index in [1.165, 1.54) is 7.11 Å². The molecule has 0 aromatic heterocycles. The summed E-state index contributed by atoms with van der Waals surface area (Å²) in [6.45, 7) is 1.04. The van der Waals surface area contributed by atoms with Gasteiger partial charge in [0.2, 0.25) is 0 Å². The number of halogens is 3. The van der Waals surface area contributed by atoms with Crippen LogP contribution in [-0.2, 0) is 9.53 Å². The van der Waals surface area contributed by atoms with Gasteiger partial charge in [0, 0.05) is 6.04 Å². The van der Waals surface area contributed by atoms with E-state index < -0.39 is 24.1 Å². The molecule has 0 aliphatic carbocycles. The molecule has 0 aliphatic heterocycles. The van der Waals surface area contributed by atoms with Crippen molar-refractivity contribution in [2.75, 3.05) is 7.11 Å². The number of carbonyl (C=O) groups is 1. The first kappa shape index (κ1) is 13.2. The monoisotopic (exact) mass is 213 g/mol. The van der Waals surface area contributed by atoms with Crippen LogP contribution in [0.5, 0.6) is 0 Å². The third-order valence-electron chi connectivity index (χ3n) is 1.87. The summed E-state index contributed by atoms with van der Waals surface area (Å²) in [5, 5.41) is 0. The van der Waals surface area contributed by atoms with Crippen LogP contribution < -0.4 is 5.73 Å². The molecule has 0 bridgehead atoms. The number of rotatable bonds is 4. The fourth-order valence-corrected chi connectivity index (χ4v) is 0.968. The zero-order valence-electron chi connectivity index (χ0n) is 8.10. The van der Waals surface area contributed by atoms with Crippen LogP contribution in [0, 0.1) is 5.92 Å². The molecule has 14 heavy (non-hydrogen) atoms. The number of alkyl halides is 3. The number of ether oxygens (including phenoxy) is 1. The predicted octanol–water partition coefficient (Wildman–Crippen LogP) is 1.47. The van der Waals surface area contributed by atoms with Crippen molar-refractivity contribution in [3.63, 3.8) is 0 Å². The Labute approximate surface area is 80.4 Å². The van der Waals surface area contributed by atoms with E-state index in [0.29, 0.717) is 0 Å². The third-order valence-corrected chi connectivity index (χ3v) is 1.87. The van der Waals surface area contributed by atoms with Crippen LogP contribution in [0.3, 0.4) is 0 Å². The van der Waals surface area contributed by atoms with Crippen LogP contribution in [-0.4, -0.2) is 25.3 Å². The molecule has 0 radical (unpaired) electrons. The Hall–Kier alpha value is -0.780. The molecule has 0 spiro atoms. The van der Waals surface area contributed by atoms with Gasteiger partial charge in [0.1, 0.15) is 0 Å². The van der Waals surface area contributed by atoms with E-state index in [0.717, 1.165) is 6.92 Å². The molecule has 0 rings (SSSR count). The summed E-state index contributed by atoms with van der Waals surface area (Å²) >= 11 is 0. The average Bonchev–Trinajstić information content (AvgIpc) is 2.02. The van der Waals surface area contributed by atoms with Crippen LogP contribution in [0.2, 0.25) is 0 Å². The van der Waals surface area contributed by atoms with E-state index in [-0.39, 0.29) is 12.8 Å². The van der Waals surface area contributed by atoms with E-state index >= 15 is 0 Å². The van der Waals surface area contributed by atoms with Crippen LogP contribution in [0.4, 0.5) is 13.2 Å². The lowest BCUT2D eigenvalue weighted by Crippen LogP contribution is -2.31. The summed E-state index contributed by atoms with van der Waals surface area (Å²) in [5.41, 5.74) is 5.35. The molecule has 0 heterocycles. The van der Waals surface area contributed by atoms with Gasteiger partial charge in [-0.05, 0) is 6.42 Å². The molecule has 84 valence electrons. The summed E-state index contributed by atoms with van der Waals surface area (Å²) in [6, 6.07) is -0.806. The molecule has 0 amide bonds. The number of hydrogen-bond donors (Lipinski definition) is 1. The van der Waals surface area contributed by atoms with Gasteiger partial charge < -0.3 is 10.5 Å². The summed E-state index contributed by atoms with van der Waals surface area (Å²) < 4.78 is 40.5. The minimum atomic E-state index is -4.26. The van der Waals surface area contributed by atoms with E-state index in [1.807, 2.05) is 0 Å². The van der Waals surface area contributed by atoms with Gasteiger partial charge in [-0.15, -0.1) is 0 Å². The number of nitrogens with two attached hydrogens (primary N) is 1. The molecular weight excluding hydrogens is 199 g/mol. The highest BCUT2D eigenvalue weighted by Crippen LogP contribution is 2.29. The van der Waals surface area contributed by atoms with Gasteiger partial charge in [-0.3, -0.25) is 4.79 Å². The third kappa shape index (κ3) is 5.06. The van der Waals surface area contributed by atoms with Crippen molar-refractivity contribution in [3.8, 4) is 0 Å². The Balaban J connectivity index is 3.94. The van der Waals surface area contributed by atoms with Crippen molar-refractivity contribution in [3.05, 3.63) is 0 Å². The number of methoxy groups -OCH3 is 1. The summed E-state index contributed by atoms with van der Waals surface area (Å²) in [6.07, 6.45) is -4.71. The van der Waals surface area contributed by atoms with E-state index in [9.17, 15) is 18.0 Å². The van der Waals surface area contributed by atoms with Crippen molar-refractivity contribution in [1.29, 1.82) is 0 Å². The molecule has 0 saturated carbocycles. The van der Waals surface area contributed by atoms with Gasteiger partial charge in [-0.2, -0.15) is 13.2 Å². The Bertz CT molecular complexity index is 194. The first-order valence-electron chi connectivity index (χ1n) is 4.16. The Morgan fingerprint density at radius 1 is 1.50 bits per heavy atom. The lowest BCUT2D eigenvalue weighted by Gasteiger charge is -2.18. The topological polar surface area (TPSA) is 52.3 Å². The van der Waals surface area contributed by atoms with Gasteiger partial charge >= 0.3 is 12.1 Å². The van der Waals surface area contributed by atoms with Crippen LogP contribution in [0.25, 0.3) is 0 Å². The van der Waals surface area contributed by atoms with Gasteiger partial charge in [0.05, 0.1) is 19.4 Å². The maximum Gasteiger partial charge on any atom is 0.391 e. The van der Waals surface area contributed by atoms with Crippen molar-refractivity contribution in [2.45, 2.75) is 32.0 Å². The van der Waals surface area contributed by atoms with Crippen LogP contribution in [0.1, 0.15) is 19.8 Å². The van der Waals surface area contributed by atoms with Gasteiger partial charge in [-0.1, -0.05) is 6.92 Å². The maximum absolute atomic E-state index is 12.1. The van der Waals surface area contributed by atoms with Crippen LogP contribution >= 0.6 is 0 Å². The number of carbonyl (C=O) groups excluding carboxylic acids is 1. The second kappa shape index (κ2) is 5.19. The minimum Gasteiger partial charge on any atom is -0.469 e. The maximum atomic E-state index is 12.1. The normalized spacial score (nSPS) is 16.1. The van der Waals surface area contributed by atoms with E-state index in [1.54, 1.807) is 0 Å². The molecule has 0 aromatic carbocycles. The molecule has 0 aromatic rings. The molecule has 0 fully saturated rings. The largest absolute Gasteiger partial charge is 0.469 e. The molecule has 6 heteroatoms. The Kier molecular flexibility index (Phi) is 4.90. The van der Waals surface area contributed by atoms with E-state index in [4.69, 9.17) is 5.73 Å². The molecule has 0 aliphatic rings. The lowest BCUT2D eigenvalue weighted by atomic mass is 10.00. The van der Waals surface area contributed by atoms with Crippen molar-refractivity contribution in [2.24, 2.45) is 11.7 Å². The van der Waals surface area contributed by atoms with Crippen molar-refractivity contribution < 1.29 is 22.7 Å². The molecule has 2 unspecified atom stereocenters. The zero-order valence-corrected chi connectivity index (χ0v) is 8.10. The summed E-state index contributed by atoms with van der Waals surface area (Å²) in [7, 11) is 1.17. The highest BCUT2D eigenvalue weighted by atomic mass is 19.4. The smallest absolute Gasteiger partial charge is 0.391 e. The van der Waals surface area contributed by atoms with Crippen molar-refractivity contribution >= 4 is 5.97 Å². The Morgan fingerprint density at radius 3 is 2.36 bits per heavy atom. The molecule has 2 atom stereocenters. The molecule has 2 N–H and O–H groups in total. The SMILES string of the molecule is COC(=O)CC(N)CC(C)C(F)(F)F. The second-order valence-electron chi connectivity index (χ2n) is 3.22. The quantitative estimate of drug-likeness (QED) is 0.719. The lowest BCUT2D eigenvalue weighted by molar-refractivity contribution is -0.173. The standard InChI is InChI=1S/C8H14F3NO2/c1-5(8(9,10)11)3-6(12)4-7(13)14-2/h5-6H,3-4,12H2,1-2H3. The average molecular weight is 213 g/mol. The highest BCUT2D eigenvalue weighted by Gasteiger charge is 2.36. The first-order valence-corrected chi connectivity index (χ1v) is 4.16. The number of hydrogen-bond acceptors (Lipinski definition) is 3. The zero-order chi connectivity index (χ0) is 11.4. The van der Waals surface area contributed by atoms with Crippen molar-refractivity contribution in [1.82, 2.24) is 0 Å². The van der Waals surface area contributed by atoms with Gasteiger partial charge in [0.25, 0.3) is 0 Å². The summed E-state index contributed by atoms with van der Waals surface area (Å²) in [4.78, 5) is 10.7. The van der Waals surface area contributed by atoms with E-state index in [2.05, 4.69) is 4.74 Å². The van der Waals surface area contributed by atoms with Gasteiger partial charge in [0.15, 0.2) is 0 Å². The Morgan fingerprint density at radius 2 is 2.00 bits per heavy atom. The number of esters is 1. The predicted molar refractivity (Wildman–Crippen MR) is 44.4 cm³/mol. The van der Waals surface area contributed by atoms with Gasteiger partial charge in [-0.25, -0.2) is 0 Å². The molecular formula is C8H14F3NO2. The summed E-state index contributed by atoms with van der Waals surface area (Å²) in [5.74, 6) is -2.09. The fourth-order valence-electron chi connectivity index (χ4n) is 0.968. The minimum absolute atomic E-state index is 0.184. The first-order chi connectivity index (χ1) is 6.27. The molecule has 0 saturated heterocycles. The molecule has 3 nitrogen and oxygen atoms in total.